The van der Waals surface area contributed by atoms with E-state index in [1.807, 2.05) is 24.3 Å². The highest BCUT2D eigenvalue weighted by molar-refractivity contribution is 5.70. The fourth-order valence-corrected chi connectivity index (χ4v) is 5.80. The lowest BCUT2D eigenvalue weighted by Crippen LogP contribution is -2.55. The number of aromatic nitrogens is 2. The van der Waals surface area contributed by atoms with Gasteiger partial charge in [0.25, 0.3) is 5.56 Å². The molecule has 6 nitrogen and oxygen atoms in total. The standard InChI is InChI=1S/C28H30F3N3O3/c1-4-14-33-19-13-9-8-12-18(19)27(2,3)20(33)15-17-23(35)21(24(17)36)22-25(28(29,30)31)32-34(26(22)37)16-10-6-5-7-11-16/h5-13,15,17,21,23-24,32,35-36H,4,14H2,1-3H3. The summed E-state index contributed by atoms with van der Waals surface area (Å²) in [5, 5.41) is 24.4. The number of fused-ring (bicyclic) bond motifs is 1. The van der Waals surface area contributed by atoms with Crippen LogP contribution in [0.2, 0.25) is 0 Å². The topological polar surface area (TPSA) is 81.5 Å². The molecule has 2 unspecified atom stereocenters. The third-order valence-corrected chi connectivity index (χ3v) is 7.68. The van der Waals surface area contributed by atoms with Gasteiger partial charge in [0, 0.05) is 35.2 Å². The fraction of sp³-hybridized carbons (Fsp3) is 0.393. The highest BCUT2D eigenvalue weighted by atomic mass is 19.4. The molecule has 1 aromatic heterocycles. The van der Waals surface area contributed by atoms with Crippen LogP contribution in [0.5, 0.6) is 0 Å². The molecule has 1 saturated carbocycles. The molecular formula is C28H30F3N3O3. The maximum Gasteiger partial charge on any atom is 0.433 e. The van der Waals surface area contributed by atoms with Gasteiger partial charge in [-0.1, -0.05) is 63.2 Å². The van der Waals surface area contributed by atoms with E-state index in [-0.39, 0.29) is 5.69 Å². The van der Waals surface area contributed by atoms with Crippen molar-refractivity contribution in [2.75, 3.05) is 11.4 Å². The first-order valence-corrected chi connectivity index (χ1v) is 12.4. The Kier molecular flexibility index (Phi) is 6.11. The second kappa shape index (κ2) is 8.92. The molecule has 0 radical (unpaired) electrons. The van der Waals surface area contributed by atoms with E-state index in [0.29, 0.717) is 6.54 Å². The van der Waals surface area contributed by atoms with Gasteiger partial charge in [0.15, 0.2) is 0 Å². The number of rotatable bonds is 5. The Hall–Kier alpha value is -3.30. The molecule has 0 bridgehead atoms. The van der Waals surface area contributed by atoms with Crippen molar-refractivity contribution < 1.29 is 23.4 Å². The summed E-state index contributed by atoms with van der Waals surface area (Å²) in [5.74, 6) is -2.20. The normalized spacial score (nSPS) is 25.8. The Bertz CT molecular complexity index is 1380. The smallest absolute Gasteiger partial charge is 0.392 e. The first kappa shape index (κ1) is 25.4. The Morgan fingerprint density at radius 1 is 1.03 bits per heavy atom. The predicted octanol–water partition coefficient (Wildman–Crippen LogP) is 4.71. The molecule has 3 aromatic rings. The molecule has 0 amide bonds. The number of allylic oxidation sites excluding steroid dienone is 1. The van der Waals surface area contributed by atoms with Crippen LogP contribution in [-0.2, 0) is 11.6 Å². The van der Waals surface area contributed by atoms with Crippen LogP contribution >= 0.6 is 0 Å². The van der Waals surface area contributed by atoms with Crippen LogP contribution in [0, 0.1) is 5.92 Å². The minimum Gasteiger partial charge on any atom is -0.392 e. The van der Waals surface area contributed by atoms with E-state index in [1.54, 1.807) is 24.3 Å². The number of nitrogens with one attached hydrogen (secondary N) is 1. The van der Waals surface area contributed by atoms with Crippen molar-refractivity contribution in [3.63, 3.8) is 0 Å². The minimum atomic E-state index is -4.87. The van der Waals surface area contributed by atoms with Crippen LogP contribution in [0.3, 0.4) is 0 Å². The van der Waals surface area contributed by atoms with Crippen LogP contribution in [-0.4, -0.2) is 38.7 Å². The molecule has 1 fully saturated rings. The van der Waals surface area contributed by atoms with E-state index in [2.05, 4.69) is 30.8 Å². The average molecular weight is 514 g/mol. The summed E-state index contributed by atoms with van der Waals surface area (Å²) in [6, 6.07) is 15.9. The largest absolute Gasteiger partial charge is 0.433 e. The first-order valence-electron chi connectivity index (χ1n) is 12.4. The molecule has 9 heteroatoms. The summed E-state index contributed by atoms with van der Waals surface area (Å²) in [6.45, 7) is 6.87. The van der Waals surface area contributed by atoms with Gasteiger partial charge in [0.1, 0.15) is 5.69 Å². The number of H-pyrrole nitrogens is 1. The highest BCUT2D eigenvalue weighted by Crippen LogP contribution is 2.51. The van der Waals surface area contributed by atoms with Crippen LogP contribution in [0.25, 0.3) is 5.69 Å². The quantitative estimate of drug-likeness (QED) is 0.462. The van der Waals surface area contributed by atoms with Crippen molar-refractivity contribution in [2.45, 2.75) is 56.9 Å². The second-order valence-electron chi connectivity index (χ2n) is 10.3. The third-order valence-electron chi connectivity index (χ3n) is 7.68. The lowest BCUT2D eigenvalue weighted by molar-refractivity contribution is -0.145. The number of halogens is 3. The minimum absolute atomic E-state index is 0.229. The van der Waals surface area contributed by atoms with Crippen LogP contribution in [0.4, 0.5) is 18.9 Å². The molecule has 2 atom stereocenters. The SMILES string of the molecule is CCCN1C(=CC2C(O)C(c3c(C(F)(F)F)[nH]n(-c4ccccc4)c3=O)C2O)C(C)(C)c2ccccc21. The molecule has 5 rings (SSSR count). The van der Waals surface area contributed by atoms with Crippen molar-refractivity contribution in [3.8, 4) is 5.69 Å². The number of aliphatic hydroxyl groups excluding tert-OH is 2. The molecule has 37 heavy (non-hydrogen) atoms. The van der Waals surface area contributed by atoms with Gasteiger partial charge in [0.2, 0.25) is 0 Å². The lowest BCUT2D eigenvalue weighted by atomic mass is 9.64. The molecule has 2 aliphatic rings. The molecular weight excluding hydrogens is 483 g/mol. The summed E-state index contributed by atoms with van der Waals surface area (Å²) in [4.78, 5) is 15.3. The van der Waals surface area contributed by atoms with Crippen molar-refractivity contribution >= 4 is 5.69 Å². The Labute approximate surface area is 212 Å². The molecule has 0 spiro atoms. The van der Waals surface area contributed by atoms with Gasteiger partial charge in [-0.05, 0) is 30.2 Å². The first-order chi connectivity index (χ1) is 17.5. The Balaban J connectivity index is 1.54. The summed E-state index contributed by atoms with van der Waals surface area (Å²) < 4.78 is 42.8. The van der Waals surface area contributed by atoms with Crippen LogP contribution in [0.1, 0.15) is 49.9 Å². The van der Waals surface area contributed by atoms with E-state index >= 15 is 0 Å². The van der Waals surface area contributed by atoms with E-state index in [9.17, 15) is 28.2 Å². The van der Waals surface area contributed by atoms with Gasteiger partial charge in [-0.15, -0.1) is 0 Å². The molecule has 1 aliphatic carbocycles. The van der Waals surface area contributed by atoms with Gasteiger partial charge in [0.05, 0.1) is 23.5 Å². The number of para-hydroxylation sites is 2. The highest BCUT2D eigenvalue weighted by Gasteiger charge is 2.55. The Morgan fingerprint density at radius 3 is 2.27 bits per heavy atom. The zero-order valence-electron chi connectivity index (χ0n) is 20.8. The summed E-state index contributed by atoms with van der Waals surface area (Å²) >= 11 is 0. The molecule has 2 aromatic carbocycles. The number of aromatic amines is 1. The monoisotopic (exact) mass is 513 g/mol. The van der Waals surface area contributed by atoms with Crippen molar-refractivity contribution in [1.82, 2.24) is 9.78 Å². The number of alkyl halides is 3. The van der Waals surface area contributed by atoms with Gasteiger partial charge in [-0.2, -0.15) is 13.2 Å². The molecule has 0 saturated heterocycles. The zero-order valence-corrected chi connectivity index (χ0v) is 20.8. The van der Waals surface area contributed by atoms with E-state index in [4.69, 9.17) is 0 Å². The molecule has 1 aliphatic heterocycles. The summed E-state index contributed by atoms with van der Waals surface area (Å²) in [7, 11) is 0. The predicted molar refractivity (Wildman–Crippen MR) is 135 cm³/mol. The van der Waals surface area contributed by atoms with Crippen molar-refractivity contribution in [1.29, 1.82) is 0 Å². The van der Waals surface area contributed by atoms with Crippen molar-refractivity contribution in [2.24, 2.45) is 5.92 Å². The number of anilines is 1. The number of benzene rings is 2. The van der Waals surface area contributed by atoms with E-state index < -0.39 is 52.5 Å². The number of aliphatic hydroxyl groups is 2. The number of nitrogens with zero attached hydrogens (tertiary/aromatic N) is 2. The molecule has 3 N–H and O–H groups in total. The van der Waals surface area contributed by atoms with Gasteiger partial charge >= 0.3 is 6.18 Å². The zero-order chi connectivity index (χ0) is 26.7. The van der Waals surface area contributed by atoms with E-state index in [0.717, 1.165) is 28.1 Å². The van der Waals surface area contributed by atoms with Gasteiger partial charge < -0.3 is 15.1 Å². The lowest BCUT2D eigenvalue weighted by Gasteiger charge is -2.46. The Morgan fingerprint density at radius 2 is 1.65 bits per heavy atom. The number of hydrogen-bond donors (Lipinski definition) is 3. The second-order valence-corrected chi connectivity index (χ2v) is 10.3. The van der Waals surface area contributed by atoms with Gasteiger partial charge in [-0.25, -0.2) is 4.68 Å². The molecule has 2 heterocycles. The van der Waals surface area contributed by atoms with Gasteiger partial charge in [-0.3, -0.25) is 9.89 Å². The average Bonchev–Trinajstić information content (AvgIpc) is 3.30. The molecule has 196 valence electrons. The van der Waals surface area contributed by atoms with Crippen molar-refractivity contribution in [3.05, 3.63) is 93.5 Å². The maximum atomic E-state index is 14.0. The van der Waals surface area contributed by atoms with Crippen LogP contribution in [0.15, 0.2) is 71.2 Å². The summed E-state index contributed by atoms with van der Waals surface area (Å²) in [5.41, 5.74) is -0.0185. The van der Waals surface area contributed by atoms with E-state index in [1.165, 1.54) is 12.1 Å². The van der Waals surface area contributed by atoms with Crippen LogP contribution < -0.4 is 10.5 Å². The number of hydrogen-bond acceptors (Lipinski definition) is 4. The maximum absolute atomic E-state index is 14.0. The third kappa shape index (κ3) is 3.92. The summed E-state index contributed by atoms with van der Waals surface area (Å²) in [6.07, 6.45) is -4.96. The fourth-order valence-electron chi connectivity index (χ4n) is 5.80.